The Kier molecular flexibility index (Phi) is 11.6. The topological polar surface area (TPSA) is 214 Å². The third kappa shape index (κ3) is 10.0. The van der Waals surface area contributed by atoms with Crippen molar-refractivity contribution in [2.75, 3.05) is 18.6 Å². The summed E-state index contributed by atoms with van der Waals surface area (Å²) in [5.41, 5.74) is 7.59. The number of hydrogen-bond donors (Lipinski definition) is 5. The molecule has 0 aliphatic rings. The highest BCUT2D eigenvalue weighted by Crippen LogP contribution is 2.32. The summed E-state index contributed by atoms with van der Waals surface area (Å²) in [6, 6.07) is 16.2. The van der Waals surface area contributed by atoms with Crippen molar-refractivity contribution in [2.45, 2.75) is 23.5 Å². The standard InChI is InChI=1S/C24H26ClN5O5S2.C2HF3O2/c1-30(36(2,32)33)21(13-15-6-5-7-17(12-15)23(26)27)24(31)29-20-11-10-16(14-19(20)25)18-8-3-4-9-22(18)37(28,34)35;3-2(4,5)1(6)7/h3-12,14,21H,13H2,1-2H3,(H3,26,27)(H,29,31)(H2,28,34,35);(H,6,7)/t21-;/m0./s1. The molecule has 3 aromatic rings. The van der Waals surface area contributed by atoms with Crippen molar-refractivity contribution in [3.8, 4) is 11.1 Å². The number of benzene rings is 3. The second-order valence-electron chi connectivity index (χ2n) is 9.14. The predicted molar refractivity (Wildman–Crippen MR) is 158 cm³/mol. The van der Waals surface area contributed by atoms with E-state index in [1.807, 2.05) is 0 Å². The lowest BCUT2D eigenvalue weighted by molar-refractivity contribution is -0.192. The molecule has 0 aromatic heterocycles. The molecular formula is C26H27ClF3N5O7S2. The molecule has 1 atom stereocenters. The van der Waals surface area contributed by atoms with Crippen LogP contribution in [0.25, 0.3) is 11.1 Å². The Hall–Kier alpha value is -4.03. The Labute approximate surface area is 256 Å². The molecule has 18 heteroatoms. The maximum Gasteiger partial charge on any atom is 0.490 e. The van der Waals surface area contributed by atoms with Crippen molar-refractivity contribution in [1.29, 1.82) is 5.41 Å². The molecule has 3 aromatic carbocycles. The fraction of sp³-hybridized carbons (Fsp3) is 0.192. The van der Waals surface area contributed by atoms with Gasteiger partial charge in [0.2, 0.25) is 26.0 Å². The van der Waals surface area contributed by atoms with Gasteiger partial charge in [0.05, 0.1) is 21.9 Å². The van der Waals surface area contributed by atoms with E-state index < -0.39 is 44.1 Å². The summed E-state index contributed by atoms with van der Waals surface area (Å²) in [5, 5.41) is 22.8. The molecule has 238 valence electrons. The summed E-state index contributed by atoms with van der Waals surface area (Å²) in [7, 11) is -6.45. The molecule has 1 amide bonds. The van der Waals surface area contributed by atoms with Gasteiger partial charge in [-0.3, -0.25) is 10.2 Å². The van der Waals surface area contributed by atoms with E-state index in [9.17, 15) is 34.8 Å². The number of halogens is 4. The number of nitrogens with zero attached hydrogens (tertiary/aromatic N) is 1. The van der Waals surface area contributed by atoms with Crippen molar-refractivity contribution >= 4 is 55.0 Å². The first-order valence-electron chi connectivity index (χ1n) is 12.0. The van der Waals surface area contributed by atoms with Gasteiger partial charge < -0.3 is 16.2 Å². The number of alkyl halides is 3. The van der Waals surface area contributed by atoms with Crippen LogP contribution in [0.3, 0.4) is 0 Å². The average molecular weight is 678 g/mol. The molecule has 44 heavy (non-hydrogen) atoms. The highest BCUT2D eigenvalue weighted by molar-refractivity contribution is 7.89. The molecule has 0 radical (unpaired) electrons. The van der Waals surface area contributed by atoms with Crippen LogP contribution in [0.15, 0.2) is 71.6 Å². The van der Waals surface area contributed by atoms with Gasteiger partial charge in [-0.05, 0) is 41.8 Å². The molecule has 0 heterocycles. The van der Waals surface area contributed by atoms with Gasteiger partial charge in [0.25, 0.3) is 0 Å². The maximum atomic E-state index is 13.3. The van der Waals surface area contributed by atoms with Crippen LogP contribution in [0.2, 0.25) is 5.02 Å². The molecule has 0 aliphatic heterocycles. The highest BCUT2D eigenvalue weighted by Gasteiger charge is 2.38. The van der Waals surface area contributed by atoms with Gasteiger partial charge in [0.15, 0.2) is 0 Å². The number of sulfonamides is 2. The lowest BCUT2D eigenvalue weighted by atomic mass is 10.0. The van der Waals surface area contributed by atoms with Crippen LogP contribution in [-0.4, -0.2) is 69.5 Å². The normalized spacial score (nSPS) is 12.5. The highest BCUT2D eigenvalue weighted by atomic mass is 35.5. The number of carboxylic acids is 1. The Morgan fingerprint density at radius 3 is 2.14 bits per heavy atom. The second-order valence-corrected chi connectivity index (χ2v) is 13.1. The van der Waals surface area contributed by atoms with Crippen LogP contribution in [0.1, 0.15) is 11.1 Å². The molecule has 7 N–H and O–H groups in total. The summed E-state index contributed by atoms with van der Waals surface area (Å²) in [6.45, 7) is 0. The van der Waals surface area contributed by atoms with Gasteiger partial charge in [-0.1, -0.05) is 54.1 Å². The van der Waals surface area contributed by atoms with E-state index in [1.54, 1.807) is 48.5 Å². The number of aliphatic carboxylic acids is 1. The number of nitrogen functional groups attached to an aromatic ring is 1. The summed E-state index contributed by atoms with van der Waals surface area (Å²) in [6.07, 6.45) is -4.09. The van der Waals surface area contributed by atoms with Crippen molar-refractivity contribution in [3.63, 3.8) is 0 Å². The molecular weight excluding hydrogens is 651 g/mol. The molecule has 0 saturated heterocycles. The summed E-state index contributed by atoms with van der Waals surface area (Å²) in [5.74, 6) is -3.55. The summed E-state index contributed by atoms with van der Waals surface area (Å²) in [4.78, 5) is 22.1. The Balaban J connectivity index is 0.000000860. The van der Waals surface area contributed by atoms with Crippen LogP contribution in [0.5, 0.6) is 0 Å². The number of hydrogen-bond acceptors (Lipinski definition) is 7. The largest absolute Gasteiger partial charge is 0.490 e. The van der Waals surface area contributed by atoms with Crippen molar-refractivity contribution in [2.24, 2.45) is 10.9 Å². The Morgan fingerprint density at radius 2 is 1.64 bits per heavy atom. The fourth-order valence-corrected chi connectivity index (χ4v) is 5.28. The zero-order valence-corrected chi connectivity index (χ0v) is 25.4. The van der Waals surface area contributed by atoms with Crippen LogP contribution in [0, 0.1) is 5.41 Å². The predicted octanol–water partition coefficient (Wildman–Crippen LogP) is 3.01. The van der Waals surface area contributed by atoms with E-state index in [0.717, 1.165) is 10.6 Å². The van der Waals surface area contributed by atoms with Crippen LogP contribution in [0.4, 0.5) is 18.9 Å². The average Bonchev–Trinajstić information content (AvgIpc) is 2.91. The summed E-state index contributed by atoms with van der Waals surface area (Å²) < 4.78 is 81.2. The number of carboxylic acid groups (broad SMARTS) is 1. The monoisotopic (exact) mass is 677 g/mol. The molecule has 0 spiro atoms. The first-order chi connectivity index (χ1) is 20.1. The van der Waals surface area contributed by atoms with Gasteiger partial charge in [-0.2, -0.15) is 17.5 Å². The van der Waals surface area contributed by atoms with Gasteiger partial charge in [-0.15, -0.1) is 0 Å². The maximum absolute atomic E-state index is 13.3. The van der Waals surface area contributed by atoms with Crippen molar-refractivity contribution < 1.29 is 44.7 Å². The molecule has 0 unspecified atom stereocenters. The smallest absolute Gasteiger partial charge is 0.475 e. The molecule has 12 nitrogen and oxygen atoms in total. The molecule has 3 rings (SSSR count). The van der Waals surface area contributed by atoms with Crippen LogP contribution >= 0.6 is 11.6 Å². The fourth-order valence-electron chi connectivity index (χ4n) is 3.66. The first-order valence-corrected chi connectivity index (χ1v) is 15.8. The lowest BCUT2D eigenvalue weighted by Crippen LogP contribution is -2.46. The van der Waals surface area contributed by atoms with Crippen LogP contribution < -0.4 is 16.2 Å². The first kappa shape index (κ1) is 36.2. The minimum atomic E-state index is -5.08. The zero-order chi connectivity index (χ0) is 33.6. The Bertz CT molecular complexity index is 1790. The lowest BCUT2D eigenvalue weighted by Gasteiger charge is -2.26. The van der Waals surface area contributed by atoms with E-state index in [0.29, 0.717) is 22.3 Å². The van der Waals surface area contributed by atoms with E-state index in [4.69, 9.17) is 37.8 Å². The second kappa shape index (κ2) is 14.2. The quantitative estimate of drug-likeness (QED) is 0.167. The number of amidine groups is 1. The van der Waals surface area contributed by atoms with E-state index in [2.05, 4.69) is 5.32 Å². The van der Waals surface area contributed by atoms with Crippen molar-refractivity contribution in [3.05, 3.63) is 82.9 Å². The number of carbonyl (C=O) groups excluding carboxylic acids is 1. The van der Waals surface area contributed by atoms with Gasteiger partial charge >= 0.3 is 12.1 Å². The van der Waals surface area contributed by atoms with E-state index in [-0.39, 0.29) is 27.9 Å². The zero-order valence-electron chi connectivity index (χ0n) is 23.0. The number of anilines is 1. The molecule has 0 aliphatic carbocycles. The number of amides is 1. The number of carbonyl (C=O) groups is 2. The Morgan fingerprint density at radius 1 is 1.05 bits per heavy atom. The number of nitrogens with one attached hydrogen (secondary N) is 2. The third-order valence-corrected chi connectivity index (χ3v) is 8.49. The number of rotatable bonds is 9. The van der Waals surface area contributed by atoms with E-state index in [1.165, 1.54) is 25.2 Å². The molecule has 0 fully saturated rings. The van der Waals surface area contributed by atoms with Gasteiger partial charge in [0.1, 0.15) is 11.9 Å². The number of likely N-dealkylation sites (N-methyl/N-ethyl adjacent to an activating group) is 1. The minimum Gasteiger partial charge on any atom is -0.475 e. The number of primary sulfonamides is 1. The van der Waals surface area contributed by atoms with Gasteiger partial charge in [-0.25, -0.2) is 26.8 Å². The van der Waals surface area contributed by atoms with Crippen LogP contribution in [-0.2, 0) is 36.1 Å². The summed E-state index contributed by atoms with van der Waals surface area (Å²) >= 11 is 6.42. The third-order valence-electron chi connectivity index (χ3n) is 5.91. The molecule has 0 saturated carbocycles. The minimum absolute atomic E-state index is 0.00790. The van der Waals surface area contributed by atoms with Gasteiger partial charge in [0, 0.05) is 18.2 Å². The SMILES string of the molecule is CN([C@@H](Cc1cccc(C(=N)N)c1)C(=O)Nc1ccc(-c2ccccc2S(N)(=O)=O)cc1Cl)S(C)(=O)=O.O=C(O)C(F)(F)F. The molecule has 0 bridgehead atoms. The van der Waals surface area contributed by atoms with Crippen molar-refractivity contribution in [1.82, 2.24) is 4.31 Å². The van der Waals surface area contributed by atoms with E-state index >= 15 is 0 Å². The number of nitrogens with two attached hydrogens (primary N) is 2.